The lowest BCUT2D eigenvalue weighted by Crippen LogP contribution is -2.84. The highest BCUT2D eigenvalue weighted by Crippen LogP contribution is 2.78. The summed E-state index contributed by atoms with van der Waals surface area (Å²) in [6.45, 7) is 12.3. The number of fused-ring (bicyclic) bond motifs is 1. The van der Waals surface area contributed by atoms with E-state index in [0.717, 1.165) is 30.3 Å². The number of benzene rings is 1. The molecule has 5 aliphatic carbocycles. The first-order valence-corrected chi connectivity index (χ1v) is 14.1. The van der Waals surface area contributed by atoms with E-state index in [9.17, 15) is 0 Å². The van der Waals surface area contributed by atoms with Gasteiger partial charge in [0.2, 0.25) is 0 Å². The third kappa shape index (κ3) is 2.26. The van der Waals surface area contributed by atoms with Crippen LogP contribution in [0.2, 0.25) is 0 Å². The van der Waals surface area contributed by atoms with Crippen molar-refractivity contribution in [3.8, 4) is 11.5 Å². The van der Waals surface area contributed by atoms with Crippen LogP contribution in [0.3, 0.4) is 0 Å². The van der Waals surface area contributed by atoms with Gasteiger partial charge in [0.25, 0.3) is 0 Å². The van der Waals surface area contributed by atoms with Crippen molar-refractivity contribution in [2.24, 2.45) is 22.7 Å². The Morgan fingerprint density at radius 3 is 2.69 bits per heavy atom. The largest absolute Gasteiger partial charge is 0.493 e. The Hall–Kier alpha value is -1.30. The molecule has 8 aliphatic rings. The summed E-state index contributed by atoms with van der Waals surface area (Å²) in [5.74, 6) is 3.17. The Bertz CT molecular complexity index is 1110. The number of likely N-dealkylation sites (tertiary alicyclic amines) is 1. The SMILES string of the molecule is COc1ccc2c3c1O[C@H]1[C@@]45CC[C@@]6(C[C@@H]4[C@@](C)(C(C)(C)C)OCO5)[C@@H](C2)N(CC2CC2)CC[C@]316. The fraction of sp³-hybridized carbons (Fsp3) is 0.800. The minimum absolute atomic E-state index is 0.0154. The molecule has 3 spiro atoms. The summed E-state index contributed by atoms with van der Waals surface area (Å²) in [4.78, 5) is 2.92. The number of hydrogen-bond acceptors (Lipinski definition) is 5. The number of piperidine rings is 1. The molecule has 5 nitrogen and oxygen atoms in total. The number of ether oxygens (including phenoxy) is 4. The van der Waals surface area contributed by atoms with Gasteiger partial charge in [-0.05, 0) is 81.4 Å². The molecule has 7 atom stereocenters. The minimum atomic E-state index is -0.302. The topological polar surface area (TPSA) is 40.2 Å². The predicted molar refractivity (Wildman–Crippen MR) is 133 cm³/mol. The third-order valence-electron chi connectivity index (χ3n) is 12.3. The average molecular weight is 480 g/mol. The lowest BCUT2D eigenvalue weighted by Gasteiger charge is -2.77. The maximum absolute atomic E-state index is 7.20. The molecule has 0 radical (unpaired) electrons. The van der Waals surface area contributed by atoms with Crippen LogP contribution in [-0.2, 0) is 21.3 Å². The van der Waals surface area contributed by atoms with Gasteiger partial charge in [-0.15, -0.1) is 0 Å². The summed E-state index contributed by atoms with van der Waals surface area (Å²) < 4.78 is 26.6. The first kappa shape index (κ1) is 21.8. The van der Waals surface area contributed by atoms with Gasteiger partial charge in [-0.25, -0.2) is 0 Å². The van der Waals surface area contributed by atoms with Crippen LogP contribution >= 0.6 is 0 Å². The maximum Gasteiger partial charge on any atom is 0.165 e. The van der Waals surface area contributed by atoms with Gasteiger partial charge in [-0.2, -0.15) is 0 Å². The summed E-state index contributed by atoms with van der Waals surface area (Å²) in [6.07, 6.45) is 8.71. The van der Waals surface area contributed by atoms with Crippen LogP contribution in [0.15, 0.2) is 12.1 Å². The van der Waals surface area contributed by atoms with Crippen molar-refractivity contribution >= 4 is 0 Å². The van der Waals surface area contributed by atoms with Crippen LogP contribution in [-0.4, -0.2) is 55.2 Å². The molecule has 1 aromatic carbocycles. The monoisotopic (exact) mass is 479 g/mol. The van der Waals surface area contributed by atoms with Crippen molar-refractivity contribution in [3.63, 3.8) is 0 Å². The molecule has 9 rings (SSSR count). The second kappa shape index (κ2) is 6.39. The zero-order chi connectivity index (χ0) is 24.0. The highest BCUT2D eigenvalue weighted by Gasteiger charge is 2.83. The highest BCUT2D eigenvalue weighted by molar-refractivity contribution is 5.63. The van der Waals surface area contributed by atoms with E-state index in [0.29, 0.717) is 18.8 Å². The van der Waals surface area contributed by atoms with E-state index in [4.69, 9.17) is 18.9 Å². The van der Waals surface area contributed by atoms with Gasteiger partial charge in [0.1, 0.15) is 18.5 Å². The molecule has 2 saturated heterocycles. The molecule has 190 valence electrons. The third-order valence-corrected chi connectivity index (χ3v) is 12.3. The Morgan fingerprint density at radius 2 is 1.94 bits per heavy atom. The lowest BCUT2D eigenvalue weighted by molar-refractivity contribution is -0.389. The van der Waals surface area contributed by atoms with Gasteiger partial charge in [-0.1, -0.05) is 26.8 Å². The fourth-order valence-electron chi connectivity index (χ4n) is 10.2. The number of hydrogen-bond donors (Lipinski definition) is 0. The van der Waals surface area contributed by atoms with Gasteiger partial charge in [0.15, 0.2) is 11.5 Å². The van der Waals surface area contributed by atoms with E-state index in [-0.39, 0.29) is 33.6 Å². The molecular formula is C30H41NO4. The van der Waals surface area contributed by atoms with Crippen LogP contribution < -0.4 is 9.47 Å². The number of nitrogens with zero attached hydrogens (tertiary/aromatic N) is 1. The molecule has 0 unspecified atom stereocenters. The van der Waals surface area contributed by atoms with Crippen LogP contribution in [0.5, 0.6) is 11.5 Å². The summed E-state index contributed by atoms with van der Waals surface area (Å²) in [5, 5.41) is 0. The van der Waals surface area contributed by atoms with E-state index in [2.05, 4.69) is 44.7 Å². The summed E-state index contributed by atoms with van der Waals surface area (Å²) in [5.41, 5.74) is 2.70. The zero-order valence-corrected chi connectivity index (χ0v) is 22.1. The van der Waals surface area contributed by atoms with Crippen LogP contribution in [0, 0.1) is 22.7 Å². The van der Waals surface area contributed by atoms with Crippen molar-refractivity contribution in [2.45, 2.75) is 101 Å². The summed E-state index contributed by atoms with van der Waals surface area (Å²) in [7, 11) is 1.79. The first-order valence-electron chi connectivity index (χ1n) is 14.1. The Labute approximate surface area is 209 Å². The van der Waals surface area contributed by atoms with Crippen LogP contribution in [0.1, 0.15) is 77.3 Å². The van der Waals surface area contributed by atoms with Gasteiger partial charge < -0.3 is 18.9 Å². The van der Waals surface area contributed by atoms with Gasteiger partial charge in [0, 0.05) is 34.9 Å². The maximum atomic E-state index is 7.20. The zero-order valence-electron chi connectivity index (χ0n) is 22.1. The van der Waals surface area contributed by atoms with Crippen LogP contribution in [0.25, 0.3) is 0 Å². The molecule has 6 fully saturated rings. The van der Waals surface area contributed by atoms with E-state index in [1.54, 1.807) is 7.11 Å². The average Bonchev–Trinajstić information content (AvgIpc) is 3.57. The van der Waals surface area contributed by atoms with Crippen molar-refractivity contribution < 1.29 is 18.9 Å². The Kier molecular flexibility index (Phi) is 3.97. The molecule has 4 saturated carbocycles. The van der Waals surface area contributed by atoms with E-state index < -0.39 is 0 Å². The molecule has 0 amide bonds. The summed E-state index contributed by atoms with van der Waals surface area (Å²) >= 11 is 0. The molecule has 3 heterocycles. The second-order valence-electron chi connectivity index (χ2n) is 14.1. The van der Waals surface area contributed by atoms with Gasteiger partial charge in [0.05, 0.1) is 12.7 Å². The molecule has 0 aromatic heterocycles. The summed E-state index contributed by atoms with van der Waals surface area (Å²) in [6, 6.07) is 5.09. The molecule has 5 heteroatoms. The molecule has 1 aromatic rings. The minimum Gasteiger partial charge on any atom is -0.493 e. The van der Waals surface area contributed by atoms with Crippen molar-refractivity contribution in [1.29, 1.82) is 0 Å². The molecular weight excluding hydrogens is 438 g/mol. The van der Waals surface area contributed by atoms with Crippen molar-refractivity contribution in [1.82, 2.24) is 4.90 Å². The fourth-order valence-corrected chi connectivity index (χ4v) is 10.2. The quantitative estimate of drug-likeness (QED) is 0.605. The normalized spacial score (nSPS) is 47.2. The van der Waals surface area contributed by atoms with Gasteiger partial charge >= 0.3 is 0 Å². The standard InChI is InChI=1S/C30H41NO4/c1-26(2,3)27(4)21-15-28-10-11-30(21,34-17-33-27)25-29(28)12-13-31(16-18-6-7-18)22(28)14-19-8-9-20(32-5)24(35-25)23(19)29/h8-9,18,21-22,25H,6-7,10-17H2,1-5H3/t21-,22-,25-,27+,28-,29+,30-/m1/s1. The molecule has 0 N–H and O–H groups in total. The van der Waals surface area contributed by atoms with Crippen molar-refractivity contribution in [2.75, 3.05) is 27.0 Å². The smallest absolute Gasteiger partial charge is 0.165 e. The predicted octanol–water partition coefficient (Wildman–Crippen LogP) is 5.08. The lowest BCUT2D eigenvalue weighted by atomic mass is 9.33. The number of rotatable bonds is 3. The second-order valence-corrected chi connectivity index (χ2v) is 14.1. The molecule has 3 aliphatic heterocycles. The van der Waals surface area contributed by atoms with Crippen LogP contribution in [0.4, 0.5) is 0 Å². The molecule has 35 heavy (non-hydrogen) atoms. The van der Waals surface area contributed by atoms with E-state index in [1.807, 2.05) is 0 Å². The number of methoxy groups -OCH3 is 1. The van der Waals surface area contributed by atoms with Gasteiger partial charge in [-0.3, -0.25) is 4.90 Å². The highest BCUT2D eigenvalue weighted by atomic mass is 16.7. The Balaban J connectivity index is 1.38. The first-order chi connectivity index (χ1) is 16.7. The Morgan fingerprint density at radius 1 is 1.11 bits per heavy atom. The van der Waals surface area contributed by atoms with E-state index >= 15 is 0 Å². The molecule has 4 bridgehead atoms. The van der Waals surface area contributed by atoms with E-state index in [1.165, 1.54) is 56.3 Å². The van der Waals surface area contributed by atoms with Crippen molar-refractivity contribution in [3.05, 3.63) is 23.3 Å².